The molecule has 0 atom stereocenters. The fourth-order valence-electron chi connectivity index (χ4n) is 2.61. The molecule has 3 heteroatoms. The quantitative estimate of drug-likeness (QED) is 0.199. The van der Waals surface area contributed by atoms with E-state index in [0.29, 0.717) is 0 Å². The van der Waals surface area contributed by atoms with E-state index in [1.54, 1.807) is 13.0 Å². The summed E-state index contributed by atoms with van der Waals surface area (Å²) < 4.78 is 4.54. The minimum atomic E-state index is -0.262. The molecule has 0 rings (SSSR count). The lowest BCUT2D eigenvalue weighted by Gasteiger charge is -2.02. The molecule has 0 amide bonds. The molecule has 0 heterocycles. The second-order valence-electron chi connectivity index (χ2n) is 6.40. The summed E-state index contributed by atoms with van der Waals surface area (Å²) in [7, 11) is 1.40. The van der Waals surface area contributed by atoms with E-state index < -0.39 is 0 Å². The SMILES string of the molecule is COC(=O)/C=C/CCCCCCCCCCCCC/C=C/C(C)=O. The van der Waals surface area contributed by atoms with E-state index in [1.165, 1.54) is 77.4 Å². The molecular formula is C21H36O3. The van der Waals surface area contributed by atoms with Gasteiger partial charge < -0.3 is 4.74 Å². The summed E-state index contributed by atoms with van der Waals surface area (Å²) in [6.07, 6.45) is 23.3. The predicted molar refractivity (Wildman–Crippen MR) is 101 cm³/mol. The standard InChI is InChI=1S/C21H36O3/c1-20(22)18-16-14-12-10-8-6-4-3-5-7-9-11-13-15-17-19-21(23)24-2/h16-19H,3-15H2,1-2H3/b18-16+,19-17+. The maximum absolute atomic E-state index is 10.9. The van der Waals surface area contributed by atoms with Gasteiger partial charge in [0.25, 0.3) is 0 Å². The molecule has 0 spiro atoms. The highest BCUT2D eigenvalue weighted by Crippen LogP contribution is 2.12. The highest BCUT2D eigenvalue weighted by Gasteiger charge is 1.94. The van der Waals surface area contributed by atoms with Gasteiger partial charge >= 0.3 is 5.97 Å². The highest BCUT2D eigenvalue weighted by atomic mass is 16.5. The van der Waals surface area contributed by atoms with Crippen molar-refractivity contribution in [1.82, 2.24) is 0 Å². The number of hydrogen-bond donors (Lipinski definition) is 0. The predicted octanol–water partition coefficient (Wildman–Crippen LogP) is 5.93. The zero-order valence-corrected chi connectivity index (χ0v) is 15.7. The van der Waals surface area contributed by atoms with Gasteiger partial charge in [-0.3, -0.25) is 4.79 Å². The van der Waals surface area contributed by atoms with Gasteiger partial charge in [-0.05, 0) is 38.7 Å². The largest absolute Gasteiger partial charge is 0.466 e. The van der Waals surface area contributed by atoms with Gasteiger partial charge in [0.1, 0.15) is 0 Å². The summed E-state index contributed by atoms with van der Waals surface area (Å²) in [5.74, 6) is -0.116. The van der Waals surface area contributed by atoms with Crippen molar-refractivity contribution in [2.75, 3.05) is 7.11 Å². The van der Waals surface area contributed by atoms with Gasteiger partial charge in [0.15, 0.2) is 5.78 Å². The van der Waals surface area contributed by atoms with Crippen LogP contribution in [-0.2, 0) is 14.3 Å². The first-order valence-corrected chi connectivity index (χ1v) is 9.58. The summed E-state index contributed by atoms with van der Waals surface area (Å²) >= 11 is 0. The van der Waals surface area contributed by atoms with Crippen LogP contribution in [0.2, 0.25) is 0 Å². The summed E-state index contributed by atoms with van der Waals surface area (Å²) in [4.78, 5) is 21.6. The van der Waals surface area contributed by atoms with Gasteiger partial charge in [0.05, 0.1) is 7.11 Å². The number of unbranched alkanes of at least 4 members (excludes halogenated alkanes) is 12. The molecular weight excluding hydrogens is 300 g/mol. The second kappa shape index (κ2) is 18.0. The molecule has 0 saturated heterocycles. The van der Waals surface area contributed by atoms with Crippen molar-refractivity contribution in [3.8, 4) is 0 Å². The van der Waals surface area contributed by atoms with Gasteiger partial charge in [0, 0.05) is 6.08 Å². The maximum atomic E-state index is 10.9. The lowest BCUT2D eigenvalue weighted by Crippen LogP contribution is -1.93. The second-order valence-corrected chi connectivity index (χ2v) is 6.40. The Balaban J connectivity index is 3.14. The van der Waals surface area contributed by atoms with Crippen molar-refractivity contribution < 1.29 is 14.3 Å². The van der Waals surface area contributed by atoms with Crippen LogP contribution in [0.5, 0.6) is 0 Å². The third-order valence-corrected chi connectivity index (χ3v) is 4.05. The molecule has 0 bridgehead atoms. The van der Waals surface area contributed by atoms with Crippen molar-refractivity contribution in [3.63, 3.8) is 0 Å². The Morgan fingerprint density at radius 3 is 1.42 bits per heavy atom. The molecule has 0 fully saturated rings. The number of ketones is 1. The molecule has 0 aromatic heterocycles. The fraction of sp³-hybridized carbons (Fsp3) is 0.714. The number of carbonyl (C=O) groups excluding carboxylic acids is 2. The molecule has 24 heavy (non-hydrogen) atoms. The Bertz CT molecular complexity index is 369. The Kier molecular flexibility index (Phi) is 16.9. The smallest absolute Gasteiger partial charge is 0.330 e. The molecule has 0 aliphatic heterocycles. The Hall–Kier alpha value is -1.38. The Labute approximate surface area is 148 Å². The van der Waals surface area contributed by atoms with Gasteiger partial charge in [0.2, 0.25) is 0 Å². The van der Waals surface area contributed by atoms with Crippen molar-refractivity contribution in [2.45, 2.75) is 90.4 Å². The molecule has 3 nitrogen and oxygen atoms in total. The molecule has 0 aromatic rings. The van der Waals surface area contributed by atoms with Gasteiger partial charge in [-0.1, -0.05) is 69.9 Å². The number of rotatable bonds is 16. The third-order valence-electron chi connectivity index (χ3n) is 4.05. The van der Waals surface area contributed by atoms with Crippen LogP contribution in [0.3, 0.4) is 0 Å². The van der Waals surface area contributed by atoms with Crippen LogP contribution in [0.4, 0.5) is 0 Å². The van der Waals surface area contributed by atoms with E-state index in [1.807, 2.05) is 12.2 Å². The normalized spacial score (nSPS) is 11.4. The number of ether oxygens (including phenoxy) is 1. The lowest BCUT2D eigenvalue weighted by molar-refractivity contribution is -0.134. The van der Waals surface area contributed by atoms with E-state index in [4.69, 9.17) is 0 Å². The Morgan fingerprint density at radius 2 is 1.04 bits per heavy atom. The topological polar surface area (TPSA) is 43.4 Å². The first-order valence-electron chi connectivity index (χ1n) is 9.58. The molecule has 0 aliphatic carbocycles. The van der Waals surface area contributed by atoms with Gasteiger partial charge in [-0.2, -0.15) is 0 Å². The first-order chi connectivity index (χ1) is 11.7. The summed E-state index contributed by atoms with van der Waals surface area (Å²) in [6, 6.07) is 0. The molecule has 0 aliphatic rings. The van der Waals surface area contributed by atoms with E-state index >= 15 is 0 Å². The highest BCUT2D eigenvalue weighted by molar-refractivity contribution is 5.87. The number of esters is 1. The molecule has 0 N–H and O–H groups in total. The number of carbonyl (C=O) groups is 2. The average molecular weight is 337 g/mol. The average Bonchev–Trinajstić information content (AvgIpc) is 2.57. The Morgan fingerprint density at radius 1 is 0.667 bits per heavy atom. The maximum Gasteiger partial charge on any atom is 0.330 e. The van der Waals surface area contributed by atoms with Crippen molar-refractivity contribution in [2.24, 2.45) is 0 Å². The van der Waals surface area contributed by atoms with Crippen LogP contribution >= 0.6 is 0 Å². The lowest BCUT2D eigenvalue weighted by atomic mass is 10.0. The van der Waals surface area contributed by atoms with Crippen LogP contribution in [0.15, 0.2) is 24.3 Å². The van der Waals surface area contributed by atoms with Crippen LogP contribution in [0, 0.1) is 0 Å². The minimum Gasteiger partial charge on any atom is -0.466 e. The van der Waals surface area contributed by atoms with E-state index in [-0.39, 0.29) is 11.8 Å². The molecule has 138 valence electrons. The van der Waals surface area contributed by atoms with Gasteiger partial charge in [-0.15, -0.1) is 0 Å². The van der Waals surface area contributed by atoms with E-state index in [9.17, 15) is 9.59 Å². The number of methoxy groups -OCH3 is 1. The number of hydrogen-bond acceptors (Lipinski definition) is 3. The van der Waals surface area contributed by atoms with Crippen LogP contribution in [0.1, 0.15) is 90.4 Å². The number of allylic oxidation sites excluding steroid dienone is 3. The molecule has 0 unspecified atom stereocenters. The molecule has 0 saturated carbocycles. The third kappa shape index (κ3) is 18.7. The summed E-state index contributed by atoms with van der Waals surface area (Å²) in [6.45, 7) is 1.60. The molecule has 0 radical (unpaired) electrons. The fourth-order valence-corrected chi connectivity index (χ4v) is 2.61. The summed E-state index contributed by atoms with van der Waals surface area (Å²) in [5.41, 5.74) is 0. The van der Waals surface area contributed by atoms with Crippen LogP contribution in [-0.4, -0.2) is 18.9 Å². The van der Waals surface area contributed by atoms with E-state index in [0.717, 1.165) is 19.3 Å². The first kappa shape index (κ1) is 22.6. The van der Waals surface area contributed by atoms with Crippen LogP contribution < -0.4 is 0 Å². The van der Waals surface area contributed by atoms with Gasteiger partial charge in [-0.25, -0.2) is 4.79 Å². The zero-order valence-electron chi connectivity index (χ0n) is 15.7. The van der Waals surface area contributed by atoms with Crippen molar-refractivity contribution in [1.29, 1.82) is 0 Å². The minimum absolute atomic E-state index is 0.146. The monoisotopic (exact) mass is 336 g/mol. The molecule has 0 aromatic carbocycles. The van der Waals surface area contributed by atoms with Crippen molar-refractivity contribution >= 4 is 11.8 Å². The summed E-state index contributed by atoms with van der Waals surface area (Å²) in [5, 5.41) is 0. The zero-order chi connectivity index (χ0) is 17.9. The van der Waals surface area contributed by atoms with E-state index in [2.05, 4.69) is 4.74 Å². The van der Waals surface area contributed by atoms with Crippen LogP contribution in [0.25, 0.3) is 0 Å². The van der Waals surface area contributed by atoms with Crippen molar-refractivity contribution in [3.05, 3.63) is 24.3 Å².